The summed E-state index contributed by atoms with van der Waals surface area (Å²) in [6.07, 6.45) is 2.68. The van der Waals surface area contributed by atoms with Gasteiger partial charge in [0, 0.05) is 5.69 Å². The van der Waals surface area contributed by atoms with Gasteiger partial charge in [0.15, 0.2) is 0 Å². The predicted molar refractivity (Wildman–Crippen MR) is 64.2 cm³/mol. The van der Waals surface area contributed by atoms with Gasteiger partial charge in [-0.25, -0.2) is 4.98 Å². The van der Waals surface area contributed by atoms with E-state index in [0.717, 1.165) is 17.7 Å². The summed E-state index contributed by atoms with van der Waals surface area (Å²) in [5.41, 5.74) is 3.50. The zero-order valence-corrected chi connectivity index (χ0v) is 9.34. The molecule has 2 nitrogen and oxygen atoms in total. The molecule has 1 heterocycles. The first-order chi connectivity index (χ1) is 7.29. The van der Waals surface area contributed by atoms with E-state index in [-0.39, 0.29) is 0 Å². The van der Waals surface area contributed by atoms with Crippen LogP contribution in [0.2, 0.25) is 0 Å². The fourth-order valence-electron chi connectivity index (χ4n) is 1.49. The van der Waals surface area contributed by atoms with E-state index in [1.807, 2.05) is 6.07 Å². The second-order valence-electron chi connectivity index (χ2n) is 3.35. The molecule has 1 aromatic carbocycles. The molecular weight excluding hydrogens is 204 g/mol. The number of nitrogens with zero attached hydrogens (tertiary/aromatic N) is 1. The molecule has 1 N–H and O–H groups in total. The zero-order valence-electron chi connectivity index (χ0n) is 8.53. The van der Waals surface area contributed by atoms with Crippen LogP contribution in [0.4, 0.5) is 0 Å². The Balaban J connectivity index is 2.49. The summed E-state index contributed by atoms with van der Waals surface area (Å²) in [7, 11) is 0. The van der Waals surface area contributed by atoms with Crippen molar-refractivity contribution in [3.8, 4) is 11.3 Å². The van der Waals surface area contributed by atoms with Crippen LogP contribution < -0.4 is 0 Å². The molecule has 0 aliphatic rings. The molecular formula is C12H12N2S. The Bertz CT molecular complexity index is 517. The minimum absolute atomic E-state index is 0.616. The van der Waals surface area contributed by atoms with Gasteiger partial charge < -0.3 is 4.98 Å². The molecule has 0 unspecified atom stereocenters. The van der Waals surface area contributed by atoms with Crippen LogP contribution in [0, 0.1) is 4.64 Å². The lowest BCUT2D eigenvalue weighted by molar-refractivity contribution is 1.13. The minimum atomic E-state index is 0.616. The Morgan fingerprint density at radius 3 is 2.93 bits per heavy atom. The van der Waals surface area contributed by atoms with E-state index in [2.05, 4.69) is 41.2 Å². The van der Waals surface area contributed by atoms with E-state index in [1.165, 1.54) is 5.56 Å². The topological polar surface area (TPSA) is 28.7 Å². The van der Waals surface area contributed by atoms with Crippen LogP contribution in [0.25, 0.3) is 11.3 Å². The molecule has 2 rings (SSSR count). The highest BCUT2D eigenvalue weighted by Gasteiger charge is 1.98. The third-order valence-corrected chi connectivity index (χ3v) is 2.55. The highest BCUT2D eigenvalue weighted by atomic mass is 32.1. The summed E-state index contributed by atoms with van der Waals surface area (Å²) in [6.45, 7) is 2.15. The summed E-state index contributed by atoms with van der Waals surface area (Å²) in [6, 6.07) is 10.3. The Morgan fingerprint density at radius 1 is 1.33 bits per heavy atom. The third kappa shape index (κ3) is 2.30. The van der Waals surface area contributed by atoms with Gasteiger partial charge in [-0.3, -0.25) is 0 Å². The van der Waals surface area contributed by atoms with E-state index >= 15 is 0 Å². The zero-order chi connectivity index (χ0) is 10.7. The number of hydrogen-bond donors (Lipinski definition) is 1. The molecule has 0 aliphatic carbocycles. The van der Waals surface area contributed by atoms with Crippen molar-refractivity contribution in [1.82, 2.24) is 9.97 Å². The first-order valence-corrected chi connectivity index (χ1v) is 5.34. The first kappa shape index (κ1) is 10.1. The average Bonchev–Trinajstić information content (AvgIpc) is 2.29. The van der Waals surface area contributed by atoms with Crippen molar-refractivity contribution in [1.29, 1.82) is 0 Å². The van der Waals surface area contributed by atoms with Crippen LogP contribution >= 0.6 is 12.2 Å². The number of aromatic nitrogens is 2. The highest BCUT2D eigenvalue weighted by molar-refractivity contribution is 7.71. The molecule has 3 heteroatoms. The Labute approximate surface area is 94.0 Å². The Morgan fingerprint density at radius 2 is 2.20 bits per heavy atom. The van der Waals surface area contributed by atoms with Gasteiger partial charge >= 0.3 is 0 Å². The molecule has 0 fully saturated rings. The van der Waals surface area contributed by atoms with Gasteiger partial charge in [0.05, 0.1) is 6.33 Å². The lowest BCUT2D eigenvalue weighted by Gasteiger charge is -2.03. The smallest absolute Gasteiger partial charge is 0.130 e. The third-order valence-electron chi connectivity index (χ3n) is 2.33. The molecule has 1 aromatic heterocycles. The number of rotatable bonds is 2. The average molecular weight is 216 g/mol. The maximum Gasteiger partial charge on any atom is 0.130 e. The van der Waals surface area contributed by atoms with Crippen molar-refractivity contribution in [3.05, 3.63) is 46.9 Å². The van der Waals surface area contributed by atoms with Crippen LogP contribution in [0.5, 0.6) is 0 Å². The normalized spacial score (nSPS) is 10.2. The molecule has 0 amide bonds. The molecule has 0 spiro atoms. The molecule has 0 aliphatic heterocycles. The fourth-order valence-corrected chi connectivity index (χ4v) is 1.66. The summed E-state index contributed by atoms with van der Waals surface area (Å²) >= 11 is 5.03. The number of aryl methyl sites for hydroxylation is 1. The quantitative estimate of drug-likeness (QED) is 0.780. The molecule has 2 aromatic rings. The van der Waals surface area contributed by atoms with Crippen molar-refractivity contribution in [2.24, 2.45) is 0 Å². The van der Waals surface area contributed by atoms with Crippen molar-refractivity contribution in [2.75, 3.05) is 0 Å². The summed E-state index contributed by atoms with van der Waals surface area (Å²) in [5.74, 6) is 0. The second-order valence-corrected chi connectivity index (χ2v) is 3.77. The predicted octanol–water partition coefficient (Wildman–Crippen LogP) is 3.37. The van der Waals surface area contributed by atoms with Crippen LogP contribution in [-0.2, 0) is 6.42 Å². The van der Waals surface area contributed by atoms with E-state index in [1.54, 1.807) is 6.33 Å². The minimum Gasteiger partial charge on any atom is -0.346 e. The Kier molecular flexibility index (Phi) is 2.92. The Hall–Kier alpha value is -1.48. The number of nitrogens with one attached hydrogen (secondary N) is 1. The summed E-state index contributed by atoms with van der Waals surface area (Å²) < 4.78 is 0.616. The second kappa shape index (κ2) is 4.36. The van der Waals surface area contributed by atoms with Crippen LogP contribution in [-0.4, -0.2) is 9.97 Å². The lowest BCUT2D eigenvalue weighted by Crippen LogP contribution is -1.87. The molecule has 76 valence electrons. The number of hydrogen-bond acceptors (Lipinski definition) is 2. The summed E-state index contributed by atoms with van der Waals surface area (Å²) in [4.78, 5) is 7.07. The number of aromatic amines is 1. The molecule has 15 heavy (non-hydrogen) atoms. The van der Waals surface area contributed by atoms with Crippen molar-refractivity contribution in [2.45, 2.75) is 13.3 Å². The van der Waals surface area contributed by atoms with Gasteiger partial charge in [-0.2, -0.15) is 0 Å². The molecule has 0 radical (unpaired) electrons. The largest absolute Gasteiger partial charge is 0.346 e. The van der Waals surface area contributed by atoms with E-state index in [0.29, 0.717) is 4.64 Å². The van der Waals surface area contributed by atoms with Gasteiger partial charge in [0.2, 0.25) is 0 Å². The van der Waals surface area contributed by atoms with Gasteiger partial charge in [-0.05, 0) is 29.7 Å². The molecule has 0 bridgehead atoms. The van der Waals surface area contributed by atoms with Gasteiger partial charge in [-0.15, -0.1) is 0 Å². The van der Waals surface area contributed by atoms with Crippen LogP contribution in [0.3, 0.4) is 0 Å². The van der Waals surface area contributed by atoms with Crippen LogP contribution in [0.15, 0.2) is 36.7 Å². The van der Waals surface area contributed by atoms with Crippen molar-refractivity contribution >= 4 is 12.2 Å². The molecule has 0 saturated heterocycles. The number of benzene rings is 1. The lowest BCUT2D eigenvalue weighted by atomic mass is 10.1. The maximum atomic E-state index is 5.03. The van der Waals surface area contributed by atoms with E-state index < -0.39 is 0 Å². The van der Waals surface area contributed by atoms with Gasteiger partial charge in [0.25, 0.3) is 0 Å². The highest BCUT2D eigenvalue weighted by Crippen LogP contribution is 2.17. The van der Waals surface area contributed by atoms with Crippen LogP contribution in [0.1, 0.15) is 12.5 Å². The fraction of sp³-hybridized carbons (Fsp3) is 0.167. The van der Waals surface area contributed by atoms with Crippen molar-refractivity contribution in [3.63, 3.8) is 0 Å². The number of H-pyrrole nitrogens is 1. The summed E-state index contributed by atoms with van der Waals surface area (Å²) in [5, 5.41) is 0. The maximum absolute atomic E-state index is 5.03. The van der Waals surface area contributed by atoms with E-state index in [9.17, 15) is 0 Å². The van der Waals surface area contributed by atoms with Gasteiger partial charge in [-0.1, -0.05) is 37.3 Å². The standard InChI is InChI=1S/C12H12N2S/c1-2-9-4-3-5-10(6-9)11-7-12(15)14-8-13-11/h3-8H,2H2,1H3,(H,13,14,15). The van der Waals surface area contributed by atoms with Gasteiger partial charge in [0.1, 0.15) is 4.64 Å². The molecule has 0 atom stereocenters. The monoisotopic (exact) mass is 216 g/mol. The first-order valence-electron chi connectivity index (χ1n) is 4.93. The SMILES string of the molecule is CCc1cccc(-c2cc(=S)nc[nH]2)c1. The van der Waals surface area contributed by atoms with E-state index in [4.69, 9.17) is 12.2 Å². The van der Waals surface area contributed by atoms with Crippen molar-refractivity contribution < 1.29 is 0 Å². The molecule has 0 saturated carbocycles.